The first kappa shape index (κ1) is 12.0. The molecule has 1 aromatic rings. The third-order valence-electron chi connectivity index (χ3n) is 5.10. The second-order valence-corrected chi connectivity index (χ2v) is 6.35. The molecule has 2 nitrogen and oxygen atoms in total. The zero-order valence-corrected chi connectivity index (χ0v) is 11.9. The van der Waals surface area contributed by atoms with Gasteiger partial charge in [0, 0.05) is 11.5 Å². The Morgan fingerprint density at radius 2 is 2.11 bits per heavy atom. The molecule has 0 heterocycles. The van der Waals surface area contributed by atoms with E-state index in [0.29, 0.717) is 11.5 Å². The number of methoxy groups -OCH3 is 1. The second kappa shape index (κ2) is 3.99. The van der Waals surface area contributed by atoms with E-state index < -0.39 is 0 Å². The predicted octanol–water partition coefficient (Wildman–Crippen LogP) is 2.85. The number of rotatable bonds is 2. The van der Waals surface area contributed by atoms with Crippen LogP contribution in [-0.4, -0.2) is 32.1 Å². The fraction of sp³-hybridized carbons (Fsp3) is 0.625. The van der Waals surface area contributed by atoms with Crippen molar-refractivity contribution in [2.75, 3.05) is 21.2 Å². The Balaban J connectivity index is 2.12. The van der Waals surface area contributed by atoms with E-state index >= 15 is 0 Å². The molecule has 2 aliphatic carbocycles. The second-order valence-electron chi connectivity index (χ2n) is 6.35. The van der Waals surface area contributed by atoms with E-state index in [2.05, 4.69) is 44.1 Å². The molecular formula is C16H23NO. The van der Waals surface area contributed by atoms with Crippen molar-refractivity contribution in [3.63, 3.8) is 0 Å². The third-order valence-corrected chi connectivity index (χ3v) is 5.10. The average molecular weight is 245 g/mol. The number of benzene rings is 1. The number of ether oxygens (including phenoxy) is 1. The van der Waals surface area contributed by atoms with Crippen LogP contribution in [0.2, 0.25) is 0 Å². The molecule has 0 radical (unpaired) electrons. The van der Waals surface area contributed by atoms with Crippen LogP contribution >= 0.6 is 0 Å². The fourth-order valence-corrected chi connectivity index (χ4v) is 4.49. The summed E-state index contributed by atoms with van der Waals surface area (Å²) in [6, 6.07) is 7.33. The first-order valence-corrected chi connectivity index (χ1v) is 6.90. The molecule has 0 aromatic heterocycles. The van der Waals surface area contributed by atoms with Gasteiger partial charge in [-0.1, -0.05) is 13.0 Å². The number of likely N-dealkylation sites (N-methyl/N-ethyl adjacent to an activating group) is 1. The lowest BCUT2D eigenvalue weighted by atomic mass is 9.68. The van der Waals surface area contributed by atoms with Gasteiger partial charge in [0.15, 0.2) is 0 Å². The summed E-state index contributed by atoms with van der Waals surface area (Å²) in [5.41, 5.74) is 3.37. The summed E-state index contributed by atoms with van der Waals surface area (Å²) < 4.78 is 5.41. The summed E-state index contributed by atoms with van der Waals surface area (Å²) in [5, 5.41) is 0. The molecular weight excluding hydrogens is 222 g/mol. The van der Waals surface area contributed by atoms with Gasteiger partial charge in [-0.25, -0.2) is 0 Å². The number of hydrogen-bond donors (Lipinski definition) is 0. The molecule has 2 aliphatic rings. The summed E-state index contributed by atoms with van der Waals surface area (Å²) in [4.78, 5) is 2.43. The molecule has 2 bridgehead atoms. The lowest BCUT2D eigenvalue weighted by molar-refractivity contribution is 0.160. The standard InChI is InChI=1S/C16H23NO/c1-16-8-7-12(15(16)17(2)3)9-11-5-6-13(18-4)10-14(11)16/h5-6,10,12,15H,7-9H2,1-4H3/t12?,15?,16-/m1/s1. The predicted molar refractivity (Wildman–Crippen MR) is 74.2 cm³/mol. The molecule has 0 aliphatic heterocycles. The Labute approximate surface area is 110 Å². The van der Waals surface area contributed by atoms with Crippen LogP contribution in [0.1, 0.15) is 30.9 Å². The van der Waals surface area contributed by atoms with Gasteiger partial charge in [-0.15, -0.1) is 0 Å². The van der Waals surface area contributed by atoms with Crippen molar-refractivity contribution in [2.45, 2.75) is 37.6 Å². The van der Waals surface area contributed by atoms with E-state index in [1.54, 1.807) is 12.7 Å². The van der Waals surface area contributed by atoms with Crippen LogP contribution in [-0.2, 0) is 11.8 Å². The molecule has 18 heavy (non-hydrogen) atoms. The van der Waals surface area contributed by atoms with Gasteiger partial charge in [-0.2, -0.15) is 0 Å². The maximum Gasteiger partial charge on any atom is 0.119 e. The first-order chi connectivity index (χ1) is 8.56. The van der Waals surface area contributed by atoms with Crippen molar-refractivity contribution in [1.29, 1.82) is 0 Å². The Morgan fingerprint density at radius 1 is 1.33 bits per heavy atom. The summed E-state index contributed by atoms with van der Waals surface area (Å²) in [7, 11) is 6.21. The SMILES string of the molecule is COc1ccc2c(c1)[C@@]1(C)CCC(C2)C1N(C)C. The van der Waals surface area contributed by atoms with Crippen LogP contribution < -0.4 is 4.74 Å². The zero-order valence-electron chi connectivity index (χ0n) is 11.9. The van der Waals surface area contributed by atoms with Crippen LogP contribution in [0, 0.1) is 5.92 Å². The maximum absolute atomic E-state index is 5.41. The minimum atomic E-state index is 0.302. The Bertz CT molecular complexity index is 468. The molecule has 98 valence electrons. The van der Waals surface area contributed by atoms with E-state index in [1.165, 1.54) is 24.8 Å². The fourth-order valence-electron chi connectivity index (χ4n) is 4.49. The largest absolute Gasteiger partial charge is 0.497 e. The minimum Gasteiger partial charge on any atom is -0.497 e. The van der Waals surface area contributed by atoms with Gasteiger partial charge < -0.3 is 9.64 Å². The number of nitrogens with zero attached hydrogens (tertiary/aromatic N) is 1. The van der Waals surface area contributed by atoms with Crippen LogP contribution in [0.3, 0.4) is 0 Å². The Morgan fingerprint density at radius 3 is 2.78 bits per heavy atom. The summed E-state index contributed by atoms with van der Waals surface area (Å²) >= 11 is 0. The van der Waals surface area contributed by atoms with E-state index in [1.807, 2.05) is 0 Å². The maximum atomic E-state index is 5.41. The van der Waals surface area contributed by atoms with Crippen LogP contribution in [0.15, 0.2) is 18.2 Å². The van der Waals surface area contributed by atoms with Crippen molar-refractivity contribution >= 4 is 0 Å². The van der Waals surface area contributed by atoms with E-state index in [9.17, 15) is 0 Å². The van der Waals surface area contributed by atoms with Gasteiger partial charge in [-0.05, 0) is 62.5 Å². The monoisotopic (exact) mass is 245 g/mol. The highest BCUT2D eigenvalue weighted by atomic mass is 16.5. The van der Waals surface area contributed by atoms with Crippen molar-refractivity contribution in [1.82, 2.24) is 4.90 Å². The van der Waals surface area contributed by atoms with E-state index in [4.69, 9.17) is 4.74 Å². The molecule has 0 amide bonds. The Kier molecular flexibility index (Phi) is 2.67. The average Bonchev–Trinajstić information content (AvgIpc) is 2.61. The normalized spacial score (nSPS) is 33.6. The summed E-state index contributed by atoms with van der Waals surface area (Å²) in [6.07, 6.45) is 3.90. The minimum absolute atomic E-state index is 0.302. The summed E-state index contributed by atoms with van der Waals surface area (Å²) in [5.74, 6) is 1.82. The summed E-state index contributed by atoms with van der Waals surface area (Å²) in [6.45, 7) is 2.44. The van der Waals surface area contributed by atoms with Gasteiger partial charge in [0.05, 0.1) is 7.11 Å². The molecule has 0 saturated heterocycles. The number of fused-ring (bicyclic) bond motifs is 4. The van der Waals surface area contributed by atoms with Crippen LogP contribution in [0.4, 0.5) is 0 Å². The molecule has 1 fully saturated rings. The molecule has 0 N–H and O–H groups in total. The number of hydrogen-bond acceptors (Lipinski definition) is 2. The van der Waals surface area contributed by atoms with Gasteiger partial charge in [0.1, 0.15) is 5.75 Å². The first-order valence-electron chi connectivity index (χ1n) is 6.90. The molecule has 3 rings (SSSR count). The van der Waals surface area contributed by atoms with Crippen LogP contribution in [0.25, 0.3) is 0 Å². The van der Waals surface area contributed by atoms with Gasteiger partial charge in [0.25, 0.3) is 0 Å². The third kappa shape index (κ3) is 1.51. The van der Waals surface area contributed by atoms with Crippen molar-refractivity contribution in [3.05, 3.63) is 29.3 Å². The highest BCUT2D eigenvalue weighted by Crippen LogP contribution is 2.52. The molecule has 1 aromatic carbocycles. The lowest BCUT2D eigenvalue weighted by Gasteiger charge is -2.44. The topological polar surface area (TPSA) is 12.5 Å². The van der Waals surface area contributed by atoms with E-state index in [-0.39, 0.29) is 0 Å². The van der Waals surface area contributed by atoms with Crippen molar-refractivity contribution < 1.29 is 4.74 Å². The molecule has 2 unspecified atom stereocenters. The lowest BCUT2D eigenvalue weighted by Crippen LogP contribution is -2.48. The molecule has 2 heteroatoms. The van der Waals surface area contributed by atoms with Gasteiger partial charge in [-0.3, -0.25) is 0 Å². The van der Waals surface area contributed by atoms with Crippen molar-refractivity contribution in [3.8, 4) is 5.75 Å². The van der Waals surface area contributed by atoms with Crippen LogP contribution in [0.5, 0.6) is 5.75 Å². The highest BCUT2D eigenvalue weighted by Gasteiger charge is 2.51. The van der Waals surface area contributed by atoms with E-state index in [0.717, 1.165) is 11.7 Å². The molecule has 3 atom stereocenters. The van der Waals surface area contributed by atoms with Crippen molar-refractivity contribution in [2.24, 2.45) is 5.92 Å². The highest BCUT2D eigenvalue weighted by molar-refractivity contribution is 5.45. The van der Waals surface area contributed by atoms with Gasteiger partial charge in [0.2, 0.25) is 0 Å². The smallest absolute Gasteiger partial charge is 0.119 e. The molecule has 1 saturated carbocycles. The Hall–Kier alpha value is -1.02. The van der Waals surface area contributed by atoms with Gasteiger partial charge >= 0.3 is 0 Å². The molecule has 0 spiro atoms. The zero-order chi connectivity index (χ0) is 12.9. The quantitative estimate of drug-likeness (QED) is 0.794.